The number of carbonyl (C=O) groups excluding carboxylic acids is 1. The zero-order valence-corrected chi connectivity index (χ0v) is 23.2. The number of methoxy groups -OCH3 is 1. The number of likely N-dealkylation sites (N-methyl/N-ethyl adjacent to an activating group) is 1. The third-order valence-corrected chi connectivity index (χ3v) is 7.69. The van der Waals surface area contributed by atoms with E-state index >= 15 is 4.39 Å². The predicted molar refractivity (Wildman–Crippen MR) is 150 cm³/mol. The van der Waals surface area contributed by atoms with Crippen LogP contribution in [0.25, 0.3) is 11.1 Å². The van der Waals surface area contributed by atoms with E-state index in [9.17, 15) is 9.18 Å². The molecule has 0 bridgehead atoms. The van der Waals surface area contributed by atoms with Crippen LogP contribution in [0.5, 0.6) is 5.75 Å². The summed E-state index contributed by atoms with van der Waals surface area (Å²) in [5.41, 5.74) is 1.97. The lowest BCUT2D eigenvalue weighted by molar-refractivity contribution is 0.102. The standard InChI is InChI=1S/C29H34F2N6O3/c1-18-16-37(17-19(2)35(18)3)26-13-24(31)22(21-14-32-29(33-15-21)36-7-9-40-10-8-36)12-25(26)34-28(38)20-5-6-23(30)27(11-20)39-4/h5-6,11-15,18-19H,7-10,16-17H2,1-4H3,(H,34,38). The highest BCUT2D eigenvalue weighted by atomic mass is 19.1. The summed E-state index contributed by atoms with van der Waals surface area (Å²) in [4.78, 5) is 28.6. The summed E-state index contributed by atoms with van der Waals surface area (Å²) in [5.74, 6) is -0.954. The number of ether oxygens (including phenoxy) is 2. The van der Waals surface area contributed by atoms with Gasteiger partial charge in [0.25, 0.3) is 5.91 Å². The molecule has 1 amide bonds. The Morgan fingerprint density at radius 3 is 2.33 bits per heavy atom. The molecular weight excluding hydrogens is 518 g/mol. The van der Waals surface area contributed by atoms with E-state index in [-0.39, 0.29) is 29.0 Å². The van der Waals surface area contributed by atoms with Crippen molar-refractivity contribution < 1.29 is 23.0 Å². The van der Waals surface area contributed by atoms with E-state index in [1.807, 2.05) is 4.90 Å². The number of anilines is 3. The minimum atomic E-state index is -0.565. The molecule has 0 radical (unpaired) electrons. The van der Waals surface area contributed by atoms with Crippen molar-refractivity contribution in [3.05, 3.63) is 59.9 Å². The van der Waals surface area contributed by atoms with Gasteiger partial charge in [0, 0.05) is 67.3 Å². The van der Waals surface area contributed by atoms with Gasteiger partial charge in [-0.2, -0.15) is 0 Å². The van der Waals surface area contributed by atoms with Crippen LogP contribution in [-0.2, 0) is 4.74 Å². The van der Waals surface area contributed by atoms with Gasteiger partial charge in [-0.1, -0.05) is 0 Å². The highest BCUT2D eigenvalue weighted by Gasteiger charge is 2.29. The molecule has 2 fully saturated rings. The fourth-order valence-corrected chi connectivity index (χ4v) is 5.13. The fourth-order valence-electron chi connectivity index (χ4n) is 5.13. The van der Waals surface area contributed by atoms with E-state index in [2.05, 4.69) is 46.0 Å². The molecule has 2 aliphatic heterocycles. The molecule has 212 valence electrons. The Kier molecular flexibility index (Phi) is 8.13. The van der Waals surface area contributed by atoms with Crippen LogP contribution in [0.3, 0.4) is 0 Å². The topological polar surface area (TPSA) is 83.1 Å². The summed E-state index contributed by atoms with van der Waals surface area (Å²) in [6.45, 7) is 8.13. The minimum Gasteiger partial charge on any atom is -0.494 e. The largest absolute Gasteiger partial charge is 0.494 e. The molecule has 2 unspecified atom stereocenters. The molecular formula is C29H34F2N6O3. The lowest BCUT2D eigenvalue weighted by atomic mass is 10.0. The molecule has 2 aromatic carbocycles. The Labute approximate surface area is 232 Å². The summed E-state index contributed by atoms with van der Waals surface area (Å²) in [6, 6.07) is 7.42. The van der Waals surface area contributed by atoms with Gasteiger partial charge < -0.3 is 24.6 Å². The van der Waals surface area contributed by atoms with E-state index in [1.165, 1.54) is 31.4 Å². The molecule has 5 rings (SSSR count). The number of benzene rings is 2. The maximum absolute atomic E-state index is 15.7. The van der Waals surface area contributed by atoms with Crippen LogP contribution in [0.4, 0.5) is 26.1 Å². The first kappa shape index (κ1) is 27.7. The van der Waals surface area contributed by atoms with E-state index in [4.69, 9.17) is 9.47 Å². The van der Waals surface area contributed by atoms with Crippen LogP contribution in [0.1, 0.15) is 24.2 Å². The first-order chi connectivity index (χ1) is 19.2. The SMILES string of the molecule is COc1cc(C(=O)Nc2cc(-c3cnc(N4CCOCC4)nc3)c(F)cc2N2CC(C)N(C)C(C)C2)ccc1F. The highest BCUT2D eigenvalue weighted by Crippen LogP contribution is 2.36. The second-order valence-electron chi connectivity index (χ2n) is 10.3. The van der Waals surface area contributed by atoms with E-state index in [0.717, 1.165) is 0 Å². The van der Waals surface area contributed by atoms with Crippen molar-refractivity contribution in [1.29, 1.82) is 0 Å². The molecule has 40 heavy (non-hydrogen) atoms. The molecule has 1 aromatic heterocycles. The van der Waals surface area contributed by atoms with E-state index < -0.39 is 17.5 Å². The van der Waals surface area contributed by atoms with E-state index in [0.29, 0.717) is 62.3 Å². The van der Waals surface area contributed by atoms with Gasteiger partial charge in [-0.15, -0.1) is 0 Å². The number of halogens is 2. The van der Waals surface area contributed by atoms with Crippen LogP contribution < -0.4 is 19.9 Å². The van der Waals surface area contributed by atoms with Crippen molar-refractivity contribution in [3.63, 3.8) is 0 Å². The number of aromatic nitrogens is 2. The Hall–Kier alpha value is -3.83. The smallest absolute Gasteiger partial charge is 0.255 e. The lowest BCUT2D eigenvalue weighted by Gasteiger charge is -2.44. The molecule has 2 atom stereocenters. The van der Waals surface area contributed by atoms with Gasteiger partial charge in [0.05, 0.1) is 31.7 Å². The lowest BCUT2D eigenvalue weighted by Crippen LogP contribution is -2.55. The molecule has 0 spiro atoms. The molecule has 2 saturated heterocycles. The van der Waals surface area contributed by atoms with Gasteiger partial charge in [-0.25, -0.2) is 18.7 Å². The second kappa shape index (κ2) is 11.7. The first-order valence-corrected chi connectivity index (χ1v) is 13.4. The van der Waals surface area contributed by atoms with Crippen LogP contribution in [0, 0.1) is 11.6 Å². The average molecular weight is 553 g/mol. The van der Waals surface area contributed by atoms with Crippen molar-refractivity contribution in [2.45, 2.75) is 25.9 Å². The third-order valence-electron chi connectivity index (χ3n) is 7.69. The number of amides is 1. The van der Waals surface area contributed by atoms with Gasteiger partial charge in [-0.3, -0.25) is 9.69 Å². The molecule has 3 heterocycles. The Morgan fingerprint density at radius 1 is 1.00 bits per heavy atom. The zero-order valence-electron chi connectivity index (χ0n) is 23.2. The van der Waals surface area contributed by atoms with Crippen molar-refractivity contribution >= 4 is 23.2 Å². The number of hydrogen-bond donors (Lipinski definition) is 1. The summed E-state index contributed by atoms with van der Waals surface area (Å²) in [7, 11) is 3.41. The number of nitrogens with zero attached hydrogens (tertiary/aromatic N) is 5. The molecule has 2 aliphatic rings. The van der Waals surface area contributed by atoms with E-state index in [1.54, 1.807) is 18.5 Å². The predicted octanol–water partition coefficient (Wildman–Crippen LogP) is 4.05. The quantitative estimate of drug-likeness (QED) is 0.491. The van der Waals surface area contributed by atoms with Crippen molar-refractivity contribution in [1.82, 2.24) is 14.9 Å². The van der Waals surface area contributed by atoms with Gasteiger partial charge in [0.2, 0.25) is 5.95 Å². The molecule has 3 aromatic rings. The fraction of sp³-hybridized carbons (Fsp3) is 0.414. The maximum Gasteiger partial charge on any atom is 0.255 e. The highest BCUT2D eigenvalue weighted by molar-refractivity contribution is 6.06. The zero-order chi connectivity index (χ0) is 28.4. The van der Waals surface area contributed by atoms with Crippen LogP contribution >= 0.6 is 0 Å². The Bertz CT molecular complexity index is 1350. The monoisotopic (exact) mass is 552 g/mol. The van der Waals surface area contributed by atoms with Crippen LogP contribution in [-0.4, -0.2) is 86.4 Å². The van der Waals surface area contributed by atoms with Gasteiger partial charge in [-0.05, 0) is 51.2 Å². The minimum absolute atomic E-state index is 0.0353. The van der Waals surface area contributed by atoms with Crippen molar-refractivity contribution in [2.75, 3.05) is 68.7 Å². The molecule has 11 heteroatoms. The normalized spacial score (nSPS) is 19.9. The van der Waals surface area contributed by atoms with Crippen LogP contribution in [0.2, 0.25) is 0 Å². The van der Waals surface area contributed by atoms with Crippen molar-refractivity contribution in [2.24, 2.45) is 0 Å². The second-order valence-corrected chi connectivity index (χ2v) is 10.3. The van der Waals surface area contributed by atoms with Crippen LogP contribution in [0.15, 0.2) is 42.7 Å². The number of piperazine rings is 1. The molecule has 0 saturated carbocycles. The van der Waals surface area contributed by atoms with Gasteiger partial charge >= 0.3 is 0 Å². The van der Waals surface area contributed by atoms with Gasteiger partial charge in [0.1, 0.15) is 5.82 Å². The Balaban J connectivity index is 1.51. The molecule has 1 N–H and O–H groups in total. The summed E-state index contributed by atoms with van der Waals surface area (Å²) in [6.07, 6.45) is 3.18. The third kappa shape index (κ3) is 5.71. The van der Waals surface area contributed by atoms with Gasteiger partial charge in [0.15, 0.2) is 11.6 Å². The average Bonchev–Trinajstić information content (AvgIpc) is 2.97. The number of morpholine rings is 1. The number of hydrogen-bond acceptors (Lipinski definition) is 8. The van der Waals surface area contributed by atoms with Crippen molar-refractivity contribution in [3.8, 4) is 16.9 Å². The molecule has 9 nitrogen and oxygen atoms in total. The maximum atomic E-state index is 15.7. The summed E-state index contributed by atoms with van der Waals surface area (Å²) >= 11 is 0. The summed E-state index contributed by atoms with van der Waals surface area (Å²) < 4.78 is 40.1. The summed E-state index contributed by atoms with van der Waals surface area (Å²) in [5, 5.41) is 2.93. The molecule has 0 aliphatic carbocycles. The number of nitrogens with one attached hydrogen (secondary N) is 1. The number of carbonyl (C=O) groups is 1. The Morgan fingerprint density at radius 2 is 1.68 bits per heavy atom. The number of rotatable bonds is 6. The first-order valence-electron chi connectivity index (χ1n) is 13.4.